The first-order valence-corrected chi connectivity index (χ1v) is 8.08. The molecule has 0 spiro atoms. The molecule has 118 valence electrons. The number of nitrogens with zero attached hydrogens (tertiary/aromatic N) is 1. The van der Waals surface area contributed by atoms with Crippen molar-refractivity contribution in [3.8, 4) is 0 Å². The summed E-state index contributed by atoms with van der Waals surface area (Å²) in [4.78, 5) is 11.5. The molecule has 8 heteroatoms. The molecule has 1 saturated heterocycles. The second kappa shape index (κ2) is 7.74. The van der Waals surface area contributed by atoms with Crippen LogP contribution in [0.4, 0.5) is 5.69 Å². The van der Waals surface area contributed by atoms with Crippen LogP contribution >= 0.6 is 12.4 Å². The normalized spacial score (nSPS) is 16.0. The number of rotatable bonds is 4. The molecule has 1 aliphatic heterocycles. The molecule has 2 rings (SSSR count). The van der Waals surface area contributed by atoms with Crippen molar-refractivity contribution in [1.82, 2.24) is 4.31 Å². The number of halogens is 1. The van der Waals surface area contributed by atoms with Crippen molar-refractivity contribution in [3.05, 3.63) is 24.3 Å². The molecule has 1 heterocycles. The van der Waals surface area contributed by atoms with Gasteiger partial charge in [0.25, 0.3) is 0 Å². The van der Waals surface area contributed by atoms with Crippen LogP contribution < -0.4 is 11.1 Å². The summed E-state index contributed by atoms with van der Waals surface area (Å²) in [5, 5.41) is 2.56. The zero-order valence-corrected chi connectivity index (χ0v) is 13.3. The monoisotopic (exact) mass is 333 g/mol. The molecule has 21 heavy (non-hydrogen) atoms. The molecule has 0 aliphatic carbocycles. The first kappa shape index (κ1) is 17.9. The van der Waals surface area contributed by atoms with Crippen LogP contribution in [0.2, 0.25) is 0 Å². The Kier molecular flexibility index (Phi) is 6.60. The van der Waals surface area contributed by atoms with Gasteiger partial charge in [0, 0.05) is 18.8 Å². The van der Waals surface area contributed by atoms with Crippen LogP contribution in [0.5, 0.6) is 0 Å². The lowest BCUT2D eigenvalue weighted by Gasteiger charge is -2.26. The maximum Gasteiger partial charge on any atom is 0.243 e. The Morgan fingerprint density at radius 1 is 1.24 bits per heavy atom. The molecule has 0 saturated carbocycles. The third kappa shape index (κ3) is 4.41. The lowest BCUT2D eigenvalue weighted by molar-refractivity contribution is -0.114. The van der Waals surface area contributed by atoms with E-state index in [9.17, 15) is 13.2 Å². The Bertz CT molecular complexity index is 586. The number of anilines is 1. The molecular weight excluding hydrogens is 314 g/mol. The van der Waals surface area contributed by atoms with Gasteiger partial charge in [-0.3, -0.25) is 4.79 Å². The van der Waals surface area contributed by atoms with Gasteiger partial charge < -0.3 is 11.1 Å². The number of sulfonamides is 1. The zero-order chi connectivity index (χ0) is 14.6. The number of carbonyl (C=O) groups excluding carboxylic acids is 1. The van der Waals surface area contributed by atoms with E-state index in [1.54, 1.807) is 18.2 Å². The Balaban J connectivity index is 0.00000220. The fourth-order valence-electron chi connectivity index (χ4n) is 2.20. The molecule has 1 aromatic rings. The molecule has 1 aromatic carbocycles. The van der Waals surface area contributed by atoms with E-state index in [0.29, 0.717) is 18.8 Å². The summed E-state index contributed by atoms with van der Waals surface area (Å²) in [5.41, 5.74) is 5.67. The van der Waals surface area contributed by atoms with Crippen molar-refractivity contribution in [2.24, 2.45) is 5.73 Å². The highest BCUT2D eigenvalue weighted by Gasteiger charge is 2.25. The van der Waals surface area contributed by atoms with E-state index in [0.717, 1.165) is 19.3 Å². The van der Waals surface area contributed by atoms with Gasteiger partial charge in [-0.25, -0.2) is 8.42 Å². The first-order valence-electron chi connectivity index (χ1n) is 6.64. The maximum atomic E-state index is 12.5. The van der Waals surface area contributed by atoms with Gasteiger partial charge in [0.1, 0.15) is 0 Å². The Hall–Kier alpha value is -1.15. The lowest BCUT2D eigenvalue weighted by atomic mass is 10.2. The Morgan fingerprint density at radius 2 is 1.90 bits per heavy atom. The third-order valence-corrected chi connectivity index (χ3v) is 5.15. The highest BCUT2D eigenvalue weighted by atomic mass is 35.5. The molecule has 0 aromatic heterocycles. The maximum absolute atomic E-state index is 12.5. The molecule has 0 unspecified atom stereocenters. The second-order valence-corrected chi connectivity index (χ2v) is 6.68. The quantitative estimate of drug-likeness (QED) is 0.865. The van der Waals surface area contributed by atoms with E-state index >= 15 is 0 Å². The fraction of sp³-hybridized carbons (Fsp3) is 0.462. The number of hydrogen-bond donors (Lipinski definition) is 2. The largest absolute Gasteiger partial charge is 0.325 e. The predicted molar refractivity (Wildman–Crippen MR) is 84.0 cm³/mol. The summed E-state index contributed by atoms with van der Waals surface area (Å²) in [6, 6.07) is 6.27. The highest BCUT2D eigenvalue weighted by Crippen LogP contribution is 2.22. The molecule has 0 bridgehead atoms. The van der Waals surface area contributed by atoms with Gasteiger partial charge >= 0.3 is 0 Å². The predicted octanol–water partition coefficient (Wildman–Crippen LogP) is 1.18. The molecule has 1 aliphatic rings. The summed E-state index contributed by atoms with van der Waals surface area (Å²) in [6.45, 7) is 0.979. The van der Waals surface area contributed by atoms with Gasteiger partial charge in [0.05, 0.1) is 11.4 Å². The van der Waals surface area contributed by atoms with Crippen molar-refractivity contribution in [2.45, 2.75) is 24.2 Å². The number of hydrogen-bond acceptors (Lipinski definition) is 4. The van der Waals surface area contributed by atoms with Crippen molar-refractivity contribution in [2.75, 3.05) is 25.0 Å². The van der Waals surface area contributed by atoms with Crippen molar-refractivity contribution in [1.29, 1.82) is 0 Å². The average Bonchev–Trinajstić information content (AvgIpc) is 2.48. The van der Waals surface area contributed by atoms with Crippen LogP contribution in [-0.2, 0) is 14.8 Å². The smallest absolute Gasteiger partial charge is 0.243 e. The molecular formula is C13H20ClN3O3S. The van der Waals surface area contributed by atoms with Crippen molar-refractivity contribution >= 4 is 34.0 Å². The van der Waals surface area contributed by atoms with Gasteiger partial charge in [0.2, 0.25) is 15.9 Å². The minimum atomic E-state index is -3.48. The van der Waals surface area contributed by atoms with Crippen LogP contribution in [0.15, 0.2) is 29.2 Å². The SMILES string of the molecule is Cl.NCC(=O)Nc1cccc(S(=O)(=O)N2CCCCC2)c1. The van der Waals surface area contributed by atoms with E-state index in [1.807, 2.05) is 0 Å². The molecule has 1 amide bonds. The summed E-state index contributed by atoms with van der Waals surface area (Å²) >= 11 is 0. The van der Waals surface area contributed by atoms with Crippen molar-refractivity contribution < 1.29 is 13.2 Å². The minimum absolute atomic E-state index is 0. The standard InChI is InChI=1S/C13H19N3O3S.ClH/c14-10-13(17)15-11-5-4-6-12(9-11)20(18,19)16-7-2-1-3-8-16;/h4-6,9H,1-3,7-8,10,14H2,(H,15,17);1H. The number of nitrogens with two attached hydrogens (primary N) is 1. The summed E-state index contributed by atoms with van der Waals surface area (Å²) in [7, 11) is -3.48. The minimum Gasteiger partial charge on any atom is -0.325 e. The number of benzene rings is 1. The van der Waals surface area contributed by atoms with E-state index in [1.165, 1.54) is 10.4 Å². The summed E-state index contributed by atoms with van der Waals surface area (Å²) in [5.74, 6) is -0.350. The molecule has 3 N–H and O–H groups in total. The van der Waals surface area contributed by atoms with Crippen LogP contribution in [0.3, 0.4) is 0 Å². The van der Waals surface area contributed by atoms with Crippen LogP contribution in [-0.4, -0.2) is 38.3 Å². The number of piperidine rings is 1. The number of nitrogens with one attached hydrogen (secondary N) is 1. The van der Waals surface area contributed by atoms with Gasteiger partial charge in [0.15, 0.2) is 0 Å². The van der Waals surface area contributed by atoms with Crippen LogP contribution in [0, 0.1) is 0 Å². The molecule has 0 radical (unpaired) electrons. The zero-order valence-electron chi connectivity index (χ0n) is 11.6. The Labute approximate surface area is 131 Å². The third-order valence-electron chi connectivity index (χ3n) is 3.26. The van der Waals surface area contributed by atoms with E-state index in [2.05, 4.69) is 5.32 Å². The number of amides is 1. The molecule has 0 atom stereocenters. The lowest BCUT2D eigenvalue weighted by Crippen LogP contribution is -2.35. The topological polar surface area (TPSA) is 92.5 Å². The van der Waals surface area contributed by atoms with E-state index in [4.69, 9.17) is 5.73 Å². The van der Waals surface area contributed by atoms with Gasteiger partial charge in [-0.15, -0.1) is 12.4 Å². The number of carbonyl (C=O) groups is 1. The van der Waals surface area contributed by atoms with Crippen molar-refractivity contribution in [3.63, 3.8) is 0 Å². The molecule has 1 fully saturated rings. The van der Waals surface area contributed by atoms with Gasteiger partial charge in [-0.2, -0.15) is 4.31 Å². The van der Waals surface area contributed by atoms with Crippen LogP contribution in [0.1, 0.15) is 19.3 Å². The average molecular weight is 334 g/mol. The first-order chi connectivity index (χ1) is 9.54. The van der Waals surface area contributed by atoms with Crippen LogP contribution in [0.25, 0.3) is 0 Å². The van der Waals surface area contributed by atoms with E-state index < -0.39 is 10.0 Å². The van der Waals surface area contributed by atoms with E-state index in [-0.39, 0.29) is 29.8 Å². The Morgan fingerprint density at radius 3 is 2.52 bits per heavy atom. The second-order valence-electron chi connectivity index (χ2n) is 4.74. The van der Waals surface area contributed by atoms with Gasteiger partial charge in [-0.05, 0) is 31.0 Å². The summed E-state index contributed by atoms with van der Waals surface area (Å²) < 4.78 is 26.5. The summed E-state index contributed by atoms with van der Waals surface area (Å²) in [6.07, 6.45) is 2.85. The highest BCUT2D eigenvalue weighted by molar-refractivity contribution is 7.89. The van der Waals surface area contributed by atoms with Gasteiger partial charge in [-0.1, -0.05) is 12.5 Å². The fourth-order valence-corrected chi connectivity index (χ4v) is 3.76. The molecule has 6 nitrogen and oxygen atoms in total.